The number of carbonyl (C=O) groups is 1. The molecule has 0 N–H and O–H groups in total. The molecule has 1 aromatic carbocycles. The van der Waals surface area contributed by atoms with Crippen molar-refractivity contribution < 1.29 is 14.3 Å². The van der Waals surface area contributed by atoms with Gasteiger partial charge in [0.15, 0.2) is 0 Å². The number of hydrogen-bond donors (Lipinski definition) is 0. The van der Waals surface area contributed by atoms with E-state index in [-0.39, 0.29) is 5.97 Å². The van der Waals surface area contributed by atoms with Crippen LogP contribution in [0.1, 0.15) is 35.6 Å². The molecule has 104 valence electrons. The van der Waals surface area contributed by atoms with E-state index in [1.807, 2.05) is 19.9 Å². The number of methoxy groups -OCH3 is 2. The summed E-state index contributed by atoms with van der Waals surface area (Å²) in [5, 5.41) is 0. The minimum atomic E-state index is -0.444. The Labute approximate surface area is 114 Å². The van der Waals surface area contributed by atoms with E-state index in [1.165, 1.54) is 7.11 Å². The fourth-order valence-electron chi connectivity index (χ4n) is 3.28. The summed E-state index contributed by atoms with van der Waals surface area (Å²) in [6.45, 7) is 8.25. The Kier molecular flexibility index (Phi) is 3.33. The van der Waals surface area contributed by atoms with Crippen molar-refractivity contribution in [2.24, 2.45) is 5.92 Å². The molecule has 0 radical (unpaired) electrons. The van der Waals surface area contributed by atoms with Gasteiger partial charge in [-0.25, -0.2) is 0 Å². The van der Waals surface area contributed by atoms with Gasteiger partial charge in [0, 0.05) is 0 Å². The van der Waals surface area contributed by atoms with Crippen LogP contribution in [-0.2, 0) is 14.9 Å². The fraction of sp³-hybridized carbons (Fsp3) is 0.562. The molecule has 3 heteroatoms. The highest BCUT2D eigenvalue weighted by atomic mass is 16.5. The summed E-state index contributed by atoms with van der Waals surface area (Å²) >= 11 is 0. The first-order valence-electron chi connectivity index (χ1n) is 6.63. The number of benzene rings is 1. The van der Waals surface area contributed by atoms with Gasteiger partial charge in [0.25, 0.3) is 0 Å². The second-order valence-corrected chi connectivity index (χ2v) is 5.59. The number of esters is 1. The average Bonchev–Trinajstić information content (AvgIpc) is 3.05. The van der Waals surface area contributed by atoms with Crippen LogP contribution in [0.3, 0.4) is 0 Å². The smallest absolute Gasteiger partial charge is 0.316 e. The lowest BCUT2D eigenvalue weighted by atomic mass is 9.84. The van der Waals surface area contributed by atoms with E-state index >= 15 is 0 Å². The quantitative estimate of drug-likeness (QED) is 0.785. The molecule has 1 fully saturated rings. The van der Waals surface area contributed by atoms with E-state index in [0.717, 1.165) is 34.4 Å². The van der Waals surface area contributed by atoms with Crippen molar-refractivity contribution in [2.45, 2.75) is 39.5 Å². The van der Waals surface area contributed by atoms with Gasteiger partial charge in [-0.1, -0.05) is 6.92 Å². The van der Waals surface area contributed by atoms with E-state index in [0.29, 0.717) is 5.92 Å². The Hall–Kier alpha value is -1.51. The molecule has 1 aliphatic rings. The highest BCUT2D eigenvalue weighted by molar-refractivity contribution is 5.88. The van der Waals surface area contributed by atoms with E-state index in [2.05, 4.69) is 13.8 Å². The lowest BCUT2D eigenvalue weighted by Gasteiger charge is -2.22. The van der Waals surface area contributed by atoms with Crippen LogP contribution in [0, 0.1) is 26.7 Å². The van der Waals surface area contributed by atoms with Crippen molar-refractivity contribution in [3.63, 3.8) is 0 Å². The molecule has 0 aromatic heterocycles. The van der Waals surface area contributed by atoms with Crippen LogP contribution in [0.15, 0.2) is 6.07 Å². The predicted molar refractivity (Wildman–Crippen MR) is 74.7 cm³/mol. The largest absolute Gasteiger partial charge is 0.496 e. The SMILES string of the molecule is COC(=O)C1(c2c(C)cc(OC)c(C)c2C)CC1C. The monoisotopic (exact) mass is 262 g/mol. The van der Waals surface area contributed by atoms with Gasteiger partial charge in [0.05, 0.1) is 19.6 Å². The first-order chi connectivity index (χ1) is 8.90. The number of hydrogen-bond acceptors (Lipinski definition) is 3. The van der Waals surface area contributed by atoms with Crippen LogP contribution in [-0.4, -0.2) is 20.2 Å². The second kappa shape index (κ2) is 4.55. The minimum absolute atomic E-state index is 0.115. The van der Waals surface area contributed by atoms with Crippen LogP contribution in [0.5, 0.6) is 5.75 Å². The zero-order valence-corrected chi connectivity index (χ0v) is 12.6. The molecule has 1 aromatic rings. The molecule has 2 rings (SSSR count). The Balaban J connectivity index is 2.64. The van der Waals surface area contributed by atoms with Crippen LogP contribution < -0.4 is 4.74 Å². The lowest BCUT2D eigenvalue weighted by molar-refractivity contribution is -0.144. The number of aryl methyl sites for hydroxylation is 1. The fourth-order valence-corrected chi connectivity index (χ4v) is 3.28. The van der Waals surface area contributed by atoms with Gasteiger partial charge >= 0.3 is 5.97 Å². The first kappa shape index (κ1) is 13.9. The molecule has 1 saturated carbocycles. The molecular weight excluding hydrogens is 240 g/mol. The molecule has 0 amide bonds. The van der Waals surface area contributed by atoms with E-state index in [9.17, 15) is 4.79 Å². The molecule has 1 aliphatic carbocycles. The third-order valence-electron chi connectivity index (χ3n) is 4.57. The Morgan fingerprint density at radius 3 is 2.26 bits per heavy atom. The van der Waals surface area contributed by atoms with Gasteiger partial charge in [0.2, 0.25) is 0 Å². The molecule has 2 unspecified atom stereocenters. The molecule has 0 saturated heterocycles. The predicted octanol–water partition coefficient (Wildman–Crippen LogP) is 3.07. The highest BCUT2D eigenvalue weighted by Crippen LogP contribution is 2.57. The molecule has 3 nitrogen and oxygen atoms in total. The van der Waals surface area contributed by atoms with Gasteiger partial charge in [-0.2, -0.15) is 0 Å². The molecule has 0 aliphatic heterocycles. The van der Waals surface area contributed by atoms with Crippen molar-refractivity contribution in [3.05, 3.63) is 28.3 Å². The van der Waals surface area contributed by atoms with Gasteiger partial charge in [-0.15, -0.1) is 0 Å². The van der Waals surface area contributed by atoms with E-state index < -0.39 is 5.41 Å². The zero-order chi connectivity index (χ0) is 14.4. The average molecular weight is 262 g/mol. The topological polar surface area (TPSA) is 35.5 Å². The van der Waals surface area contributed by atoms with E-state index in [1.54, 1.807) is 7.11 Å². The summed E-state index contributed by atoms with van der Waals surface area (Å²) in [6, 6.07) is 2.02. The number of ether oxygens (including phenoxy) is 2. The normalized spacial score (nSPS) is 25.1. The summed E-state index contributed by atoms with van der Waals surface area (Å²) in [4.78, 5) is 12.2. The lowest BCUT2D eigenvalue weighted by Crippen LogP contribution is -2.26. The molecule has 0 heterocycles. The standard InChI is InChI=1S/C16H22O3/c1-9-7-13(18-5)11(3)12(4)14(9)16(8-10(16)2)15(17)19-6/h7,10H,8H2,1-6H3. The summed E-state index contributed by atoms with van der Waals surface area (Å²) in [6.07, 6.45) is 0.868. The van der Waals surface area contributed by atoms with Crippen molar-refractivity contribution >= 4 is 5.97 Å². The van der Waals surface area contributed by atoms with Gasteiger partial charge < -0.3 is 9.47 Å². The minimum Gasteiger partial charge on any atom is -0.496 e. The molecule has 0 spiro atoms. The summed E-state index contributed by atoms with van der Waals surface area (Å²) in [7, 11) is 3.15. The molecular formula is C16H22O3. The maximum absolute atomic E-state index is 12.2. The molecule has 0 bridgehead atoms. The first-order valence-corrected chi connectivity index (χ1v) is 6.63. The van der Waals surface area contributed by atoms with Gasteiger partial charge in [-0.05, 0) is 61.4 Å². The maximum atomic E-state index is 12.2. The second-order valence-electron chi connectivity index (χ2n) is 5.59. The van der Waals surface area contributed by atoms with Crippen molar-refractivity contribution in [1.29, 1.82) is 0 Å². The van der Waals surface area contributed by atoms with Gasteiger partial charge in [-0.3, -0.25) is 4.79 Å². The van der Waals surface area contributed by atoms with Crippen LogP contribution in [0.25, 0.3) is 0 Å². The third-order valence-corrected chi connectivity index (χ3v) is 4.57. The number of carbonyl (C=O) groups excluding carboxylic acids is 1. The van der Waals surface area contributed by atoms with Crippen molar-refractivity contribution in [2.75, 3.05) is 14.2 Å². The maximum Gasteiger partial charge on any atom is 0.316 e. The van der Waals surface area contributed by atoms with Gasteiger partial charge in [0.1, 0.15) is 5.75 Å². The summed E-state index contributed by atoms with van der Waals surface area (Å²) in [5.41, 5.74) is 4.04. The van der Waals surface area contributed by atoms with E-state index in [4.69, 9.17) is 9.47 Å². The summed E-state index contributed by atoms with van der Waals surface area (Å²) in [5.74, 6) is 1.10. The Morgan fingerprint density at radius 2 is 1.84 bits per heavy atom. The molecule has 2 atom stereocenters. The molecule has 19 heavy (non-hydrogen) atoms. The van der Waals surface area contributed by atoms with Crippen LogP contribution in [0.2, 0.25) is 0 Å². The van der Waals surface area contributed by atoms with Crippen molar-refractivity contribution in [3.8, 4) is 5.75 Å². The Morgan fingerprint density at radius 1 is 1.26 bits per heavy atom. The number of rotatable bonds is 3. The van der Waals surface area contributed by atoms with Crippen LogP contribution in [0.4, 0.5) is 0 Å². The highest BCUT2D eigenvalue weighted by Gasteiger charge is 2.60. The third kappa shape index (κ3) is 1.83. The van der Waals surface area contributed by atoms with Crippen molar-refractivity contribution in [1.82, 2.24) is 0 Å². The zero-order valence-electron chi connectivity index (χ0n) is 12.6. The summed E-state index contributed by atoms with van der Waals surface area (Å²) < 4.78 is 10.4. The van der Waals surface area contributed by atoms with Crippen LogP contribution >= 0.6 is 0 Å². The Bertz CT molecular complexity index is 533.